The first kappa shape index (κ1) is 18.2. The third-order valence-corrected chi connectivity index (χ3v) is 4.02. The molecule has 0 bridgehead atoms. The van der Waals surface area contributed by atoms with Crippen LogP contribution in [-0.4, -0.2) is 20.1 Å². The van der Waals surface area contributed by atoms with E-state index in [1.165, 1.54) is 6.08 Å². The molecule has 0 saturated heterocycles. The Hall–Kier alpha value is -2.17. The van der Waals surface area contributed by atoms with Crippen molar-refractivity contribution in [2.45, 2.75) is 6.54 Å². The van der Waals surface area contributed by atoms with Gasteiger partial charge in [-0.1, -0.05) is 35.3 Å². The molecule has 4 nitrogen and oxygen atoms in total. The highest BCUT2D eigenvalue weighted by molar-refractivity contribution is 6.42. The number of halogens is 2. The number of hydrogen-bond acceptors (Lipinski definition) is 3. The minimum Gasteiger partial charge on any atom is -0.493 e. The predicted molar refractivity (Wildman–Crippen MR) is 96.9 cm³/mol. The van der Waals surface area contributed by atoms with Crippen molar-refractivity contribution >= 4 is 35.2 Å². The largest absolute Gasteiger partial charge is 0.493 e. The lowest BCUT2D eigenvalue weighted by Crippen LogP contribution is -2.20. The van der Waals surface area contributed by atoms with Crippen LogP contribution in [0.4, 0.5) is 0 Å². The molecule has 0 aliphatic heterocycles. The molecule has 1 N–H and O–H groups in total. The minimum absolute atomic E-state index is 0.212. The molecule has 2 rings (SSSR count). The number of carbonyl (C=O) groups excluding carboxylic acids is 1. The molecule has 0 radical (unpaired) electrons. The second-order valence-electron chi connectivity index (χ2n) is 4.91. The topological polar surface area (TPSA) is 47.6 Å². The molecule has 1 amide bonds. The number of hydrogen-bond donors (Lipinski definition) is 1. The molecule has 0 spiro atoms. The lowest BCUT2D eigenvalue weighted by molar-refractivity contribution is -0.116. The van der Waals surface area contributed by atoms with E-state index >= 15 is 0 Å². The SMILES string of the molecule is COc1ccc(C=CC(=O)NCc2ccc(Cl)c(Cl)c2)cc1OC. The van der Waals surface area contributed by atoms with Gasteiger partial charge in [0.2, 0.25) is 5.91 Å². The summed E-state index contributed by atoms with van der Waals surface area (Å²) in [5, 5.41) is 3.73. The first-order valence-electron chi connectivity index (χ1n) is 7.15. The highest BCUT2D eigenvalue weighted by atomic mass is 35.5. The molecule has 2 aromatic rings. The number of methoxy groups -OCH3 is 2. The van der Waals surface area contributed by atoms with Crippen LogP contribution in [0, 0.1) is 0 Å². The lowest BCUT2D eigenvalue weighted by Gasteiger charge is -2.07. The molecule has 0 heterocycles. The molecule has 0 aromatic heterocycles. The van der Waals surface area contributed by atoms with E-state index < -0.39 is 0 Å². The van der Waals surface area contributed by atoms with Crippen molar-refractivity contribution in [3.8, 4) is 11.5 Å². The molecular formula is C18H17Cl2NO3. The molecule has 0 aliphatic rings. The van der Waals surface area contributed by atoms with Gasteiger partial charge < -0.3 is 14.8 Å². The van der Waals surface area contributed by atoms with Crippen molar-refractivity contribution in [3.05, 3.63) is 63.6 Å². The monoisotopic (exact) mass is 365 g/mol. The summed E-state index contributed by atoms with van der Waals surface area (Å²) in [7, 11) is 3.14. The Bertz CT molecular complexity index is 760. The van der Waals surface area contributed by atoms with Crippen LogP contribution < -0.4 is 14.8 Å². The summed E-state index contributed by atoms with van der Waals surface area (Å²) in [5.74, 6) is 1.03. The summed E-state index contributed by atoms with van der Waals surface area (Å²) in [4.78, 5) is 11.9. The highest BCUT2D eigenvalue weighted by Crippen LogP contribution is 2.28. The molecule has 6 heteroatoms. The maximum atomic E-state index is 11.9. The molecule has 126 valence electrons. The van der Waals surface area contributed by atoms with Crippen LogP contribution in [0.25, 0.3) is 6.08 Å². The van der Waals surface area contributed by atoms with Crippen LogP contribution in [0.2, 0.25) is 10.0 Å². The normalized spacial score (nSPS) is 10.7. The van der Waals surface area contributed by atoms with Crippen LogP contribution in [-0.2, 0) is 11.3 Å². The summed E-state index contributed by atoms with van der Waals surface area (Å²) >= 11 is 11.8. The van der Waals surface area contributed by atoms with E-state index in [0.717, 1.165) is 11.1 Å². The number of benzene rings is 2. The van der Waals surface area contributed by atoms with Gasteiger partial charge in [-0.3, -0.25) is 4.79 Å². The van der Waals surface area contributed by atoms with Crippen LogP contribution in [0.15, 0.2) is 42.5 Å². The first-order chi connectivity index (χ1) is 11.5. The number of ether oxygens (including phenoxy) is 2. The zero-order valence-corrected chi connectivity index (χ0v) is 14.8. The summed E-state index contributed by atoms with van der Waals surface area (Å²) < 4.78 is 10.4. The number of carbonyl (C=O) groups is 1. The van der Waals surface area contributed by atoms with Crippen molar-refractivity contribution in [3.63, 3.8) is 0 Å². The Morgan fingerprint density at radius 3 is 2.46 bits per heavy atom. The smallest absolute Gasteiger partial charge is 0.244 e. The molecule has 2 aromatic carbocycles. The minimum atomic E-state index is -0.212. The summed E-state index contributed by atoms with van der Waals surface area (Å²) in [6, 6.07) is 10.7. The highest BCUT2D eigenvalue weighted by Gasteiger charge is 2.04. The van der Waals surface area contributed by atoms with Crippen LogP contribution in [0.3, 0.4) is 0 Å². The van der Waals surface area contributed by atoms with Gasteiger partial charge in [0, 0.05) is 12.6 Å². The van der Waals surface area contributed by atoms with E-state index in [9.17, 15) is 4.79 Å². The Balaban J connectivity index is 1.96. The number of rotatable bonds is 6. The molecular weight excluding hydrogens is 349 g/mol. The molecule has 0 atom stereocenters. The fourth-order valence-electron chi connectivity index (χ4n) is 2.03. The summed E-state index contributed by atoms with van der Waals surface area (Å²) in [6.45, 7) is 0.367. The Morgan fingerprint density at radius 2 is 1.79 bits per heavy atom. The Kier molecular flexibility index (Phi) is 6.53. The molecule has 0 unspecified atom stereocenters. The fraction of sp³-hybridized carbons (Fsp3) is 0.167. The van der Waals surface area contributed by atoms with Crippen LogP contribution >= 0.6 is 23.2 Å². The van der Waals surface area contributed by atoms with Gasteiger partial charge in [-0.15, -0.1) is 0 Å². The van der Waals surface area contributed by atoms with Gasteiger partial charge in [0.05, 0.1) is 24.3 Å². The van der Waals surface area contributed by atoms with Crippen molar-refractivity contribution < 1.29 is 14.3 Å². The van der Waals surface area contributed by atoms with E-state index in [0.29, 0.717) is 28.1 Å². The standard InChI is InChI=1S/C18H17Cl2NO3/c1-23-16-7-4-12(10-17(16)24-2)5-8-18(22)21-11-13-3-6-14(19)15(20)9-13/h3-10H,11H2,1-2H3,(H,21,22). The van der Waals surface area contributed by atoms with E-state index in [1.54, 1.807) is 44.6 Å². The molecule has 24 heavy (non-hydrogen) atoms. The third kappa shape index (κ3) is 4.91. The van der Waals surface area contributed by atoms with E-state index in [4.69, 9.17) is 32.7 Å². The van der Waals surface area contributed by atoms with Gasteiger partial charge in [0.15, 0.2) is 11.5 Å². The average molecular weight is 366 g/mol. The molecule has 0 fully saturated rings. The van der Waals surface area contributed by atoms with Gasteiger partial charge in [0.1, 0.15) is 0 Å². The van der Waals surface area contributed by atoms with Gasteiger partial charge in [0.25, 0.3) is 0 Å². The molecule has 0 aliphatic carbocycles. The van der Waals surface area contributed by atoms with Gasteiger partial charge in [-0.2, -0.15) is 0 Å². The lowest BCUT2D eigenvalue weighted by atomic mass is 10.2. The molecule has 0 saturated carbocycles. The quantitative estimate of drug-likeness (QED) is 0.774. The average Bonchev–Trinajstić information content (AvgIpc) is 2.60. The second kappa shape index (κ2) is 8.62. The summed E-state index contributed by atoms with van der Waals surface area (Å²) in [6.07, 6.45) is 3.16. The van der Waals surface area contributed by atoms with E-state index in [-0.39, 0.29) is 5.91 Å². The Labute approximate surface area is 151 Å². The zero-order valence-electron chi connectivity index (χ0n) is 13.3. The Morgan fingerprint density at radius 1 is 1.04 bits per heavy atom. The fourth-order valence-corrected chi connectivity index (χ4v) is 2.35. The number of nitrogens with one attached hydrogen (secondary N) is 1. The zero-order chi connectivity index (χ0) is 17.5. The maximum Gasteiger partial charge on any atom is 0.244 e. The second-order valence-corrected chi connectivity index (χ2v) is 5.73. The van der Waals surface area contributed by atoms with Crippen LogP contribution in [0.1, 0.15) is 11.1 Å². The van der Waals surface area contributed by atoms with E-state index in [2.05, 4.69) is 5.32 Å². The van der Waals surface area contributed by atoms with Crippen molar-refractivity contribution in [1.82, 2.24) is 5.32 Å². The first-order valence-corrected chi connectivity index (χ1v) is 7.91. The van der Waals surface area contributed by atoms with Crippen LogP contribution in [0.5, 0.6) is 11.5 Å². The van der Waals surface area contributed by atoms with Crippen molar-refractivity contribution in [1.29, 1.82) is 0 Å². The predicted octanol–water partition coefficient (Wildman–Crippen LogP) is 4.34. The summed E-state index contributed by atoms with van der Waals surface area (Å²) in [5.41, 5.74) is 1.70. The van der Waals surface area contributed by atoms with Gasteiger partial charge in [-0.25, -0.2) is 0 Å². The van der Waals surface area contributed by atoms with Gasteiger partial charge in [-0.05, 0) is 41.5 Å². The van der Waals surface area contributed by atoms with Crippen molar-refractivity contribution in [2.24, 2.45) is 0 Å². The van der Waals surface area contributed by atoms with E-state index in [1.807, 2.05) is 12.1 Å². The third-order valence-electron chi connectivity index (χ3n) is 3.29. The van der Waals surface area contributed by atoms with Crippen molar-refractivity contribution in [2.75, 3.05) is 14.2 Å². The number of amides is 1. The van der Waals surface area contributed by atoms with Gasteiger partial charge >= 0.3 is 0 Å². The maximum absolute atomic E-state index is 11.9.